The fraction of sp³-hybridized carbons (Fsp3) is 0.500. The zero-order valence-electron chi connectivity index (χ0n) is 30.8. The molecule has 2 aromatic carbocycles. The number of hydrogen-bond donors (Lipinski definition) is 1. The van der Waals surface area contributed by atoms with E-state index in [4.69, 9.17) is 29.6 Å². The summed E-state index contributed by atoms with van der Waals surface area (Å²) in [6.07, 6.45) is 1.08. The maximum absolute atomic E-state index is 15.7. The second-order valence-electron chi connectivity index (χ2n) is 13.5. The molecule has 3 atom stereocenters. The maximum Gasteiger partial charge on any atom is 0.341 e. The molecule has 0 bridgehead atoms. The van der Waals surface area contributed by atoms with Crippen LogP contribution in [0.1, 0.15) is 47.9 Å². The van der Waals surface area contributed by atoms with Crippen LogP contribution < -0.4 is 20.0 Å². The van der Waals surface area contributed by atoms with Crippen molar-refractivity contribution < 1.29 is 40.4 Å². The predicted octanol–water partition coefficient (Wildman–Crippen LogP) is 2.79. The summed E-state index contributed by atoms with van der Waals surface area (Å²) in [5, 5.41) is 0.922. The van der Waals surface area contributed by atoms with Crippen LogP contribution in [0.25, 0.3) is 11.0 Å². The van der Waals surface area contributed by atoms with E-state index in [0.717, 1.165) is 41.1 Å². The normalized spacial score (nSPS) is 23.5. The largest absolute Gasteiger partial charge is 0.496 e. The number of ether oxygens (including phenoxy) is 2. The summed E-state index contributed by atoms with van der Waals surface area (Å²) in [6.45, 7) is 4.85. The van der Waals surface area contributed by atoms with Crippen LogP contribution in [-0.2, 0) is 27.9 Å². The van der Waals surface area contributed by atoms with Crippen molar-refractivity contribution in [3.63, 3.8) is 0 Å². The number of amides is 2. The molecule has 1 aliphatic carbocycles. The number of nitrogens with one attached hydrogen (secondary N) is 1. The standard InChI is InChI=1S/C34H39ClFN5O8S/c1-18-28(39-8-7-38(2)21(15-39)17-47-3)12-26(35)30-22-5-6-40(16-25(22)34(44)49-31(18)30)33(43)23-11-29(48-4)24(10-27(23)36)32(42)37-50(45,46)41-13-19-9-20(19)14-41/h10-12,19-21H,5-9,13-17H2,1-4H3,(H,37,42)/t19?,20?,21-/m1/s1/i4D3. The first-order chi connectivity index (χ1) is 25.0. The van der Waals surface area contributed by atoms with Gasteiger partial charge in [0, 0.05) is 63.0 Å². The summed E-state index contributed by atoms with van der Waals surface area (Å²) in [5.74, 6) is -3.74. The fourth-order valence-electron chi connectivity index (χ4n) is 7.48. The summed E-state index contributed by atoms with van der Waals surface area (Å²) >= 11 is 6.89. The topological polar surface area (TPSA) is 142 Å². The van der Waals surface area contributed by atoms with Crippen molar-refractivity contribution in [1.82, 2.24) is 18.8 Å². The second kappa shape index (κ2) is 13.1. The van der Waals surface area contributed by atoms with E-state index < -0.39 is 57.4 Å². The van der Waals surface area contributed by atoms with Crippen LogP contribution in [0, 0.1) is 24.6 Å². The van der Waals surface area contributed by atoms with Gasteiger partial charge in [-0.2, -0.15) is 12.7 Å². The lowest BCUT2D eigenvalue weighted by Crippen LogP contribution is -2.53. The van der Waals surface area contributed by atoms with Gasteiger partial charge in [-0.25, -0.2) is 13.9 Å². The van der Waals surface area contributed by atoms with E-state index in [1.54, 1.807) is 7.11 Å². The molecule has 13 nitrogen and oxygen atoms in total. The van der Waals surface area contributed by atoms with Gasteiger partial charge in [0.2, 0.25) is 0 Å². The molecule has 50 heavy (non-hydrogen) atoms. The van der Waals surface area contributed by atoms with Crippen LogP contribution in [-0.4, -0.2) is 107 Å². The van der Waals surface area contributed by atoms with Gasteiger partial charge in [0.25, 0.3) is 11.8 Å². The van der Waals surface area contributed by atoms with Gasteiger partial charge in [0.15, 0.2) is 0 Å². The first-order valence-corrected chi connectivity index (χ1v) is 18.1. The highest BCUT2D eigenvalue weighted by Crippen LogP contribution is 2.45. The van der Waals surface area contributed by atoms with Crippen LogP contribution in [0.4, 0.5) is 10.1 Å². The number of piperazine rings is 1. The smallest absolute Gasteiger partial charge is 0.341 e. The molecule has 2 unspecified atom stereocenters. The van der Waals surface area contributed by atoms with Gasteiger partial charge in [-0.05, 0) is 62.4 Å². The van der Waals surface area contributed by atoms with E-state index in [1.807, 2.05) is 24.8 Å². The first-order valence-electron chi connectivity index (χ1n) is 17.8. The third kappa shape index (κ3) is 6.12. The Hall–Kier alpha value is -3.76. The Morgan fingerprint density at radius 3 is 2.60 bits per heavy atom. The molecule has 2 amide bonds. The van der Waals surface area contributed by atoms with Gasteiger partial charge in [-0.1, -0.05) is 11.6 Å². The summed E-state index contributed by atoms with van der Waals surface area (Å²) in [4.78, 5) is 46.0. The Morgan fingerprint density at radius 2 is 1.88 bits per heavy atom. The lowest BCUT2D eigenvalue weighted by molar-refractivity contribution is 0.0727. The Labute approximate surface area is 298 Å². The molecule has 268 valence electrons. The molecule has 4 aliphatic rings. The molecule has 3 fully saturated rings. The van der Waals surface area contributed by atoms with Crippen LogP contribution in [0.3, 0.4) is 0 Å². The van der Waals surface area contributed by atoms with E-state index in [0.29, 0.717) is 40.8 Å². The van der Waals surface area contributed by atoms with Crippen LogP contribution in [0.2, 0.25) is 5.02 Å². The molecule has 3 aliphatic heterocycles. The Balaban J connectivity index is 1.16. The van der Waals surface area contributed by atoms with Gasteiger partial charge in [-0.3, -0.25) is 14.5 Å². The zero-order chi connectivity index (χ0) is 38.1. The molecule has 0 spiro atoms. The lowest BCUT2D eigenvalue weighted by Gasteiger charge is -2.41. The van der Waals surface area contributed by atoms with Crippen LogP contribution in [0.5, 0.6) is 5.75 Å². The van der Waals surface area contributed by atoms with Gasteiger partial charge in [0.1, 0.15) is 17.1 Å². The van der Waals surface area contributed by atoms with Gasteiger partial charge in [-0.15, -0.1) is 0 Å². The summed E-state index contributed by atoms with van der Waals surface area (Å²) < 4.78 is 83.4. The van der Waals surface area contributed by atoms with Gasteiger partial charge in [0.05, 0.1) is 52.1 Å². The van der Waals surface area contributed by atoms with Gasteiger partial charge >= 0.3 is 15.8 Å². The second-order valence-corrected chi connectivity index (χ2v) is 15.6. The van der Waals surface area contributed by atoms with E-state index in [-0.39, 0.29) is 56.0 Å². The third-order valence-electron chi connectivity index (χ3n) is 10.5. The number of piperidine rings is 1. The van der Waals surface area contributed by atoms with Crippen molar-refractivity contribution in [2.75, 3.05) is 72.0 Å². The summed E-state index contributed by atoms with van der Waals surface area (Å²) in [5.41, 5.74) is 0.614. The number of nitrogens with zero attached hydrogens (tertiary/aromatic N) is 4. The number of likely N-dealkylation sites (N-methyl/N-ethyl adjacent to an activating group) is 1. The minimum Gasteiger partial charge on any atom is -0.496 e. The highest BCUT2D eigenvalue weighted by Gasteiger charge is 2.49. The summed E-state index contributed by atoms with van der Waals surface area (Å²) in [6, 6.07) is 3.33. The van der Waals surface area contributed by atoms with Crippen molar-refractivity contribution in [2.24, 2.45) is 11.8 Å². The molecule has 2 saturated heterocycles. The van der Waals surface area contributed by atoms with E-state index in [1.165, 1.54) is 4.90 Å². The first kappa shape index (κ1) is 31.0. The number of aryl methyl sites for hydroxylation is 1. The molecule has 4 heterocycles. The SMILES string of the molecule is [2H]C([2H])([2H])Oc1cc(C(=O)N2CCc3c(c(=O)oc4c(C)c(N5CCN(C)[C@@H](COC)C5)cc(Cl)c34)C2)c(F)cc1C(=O)NS(=O)(=O)N1CC2CC2C1. The average Bonchev–Trinajstić information content (AvgIpc) is 3.70. The number of carbonyl (C=O) groups is 2. The Morgan fingerprint density at radius 1 is 1.12 bits per heavy atom. The number of benzene rings is 2. The highest BCUT2D eigenvalue weighted by atomic mass is 35.5. The zero-order valence-corrected chi connectivity index (χ0v) is 29.3. The van der Waals surface area contributed by atoms with Crippen molar-refractivity contribution in [2.45, 2.75) is 32.4 Å². The molecular weight excluding hydrogens is 693 g/mol. The quantitative estimate of drug-likeness (QED) is 0.344. The molecule has 7 rings (SSSR count). The number of hydrogen-bond acceptors (Lipinski definition) is 10. The van der Waals surface area contributed by atoms with Crippen LogP contribution >= 0.6 is 11.6 Å². The molecule has 16 heteroatoms. The summed E-state index contributed by atoms with van der Waals surface area (Å²) in [7, 11) is -3.75. The van der Waals surface area contributed by atoms with E-state index >= 15 is 4.39 Å². The van der Waals surface area contributed by atoms with Crippen molar-refractivity contribution >= 4 is 50.3 Å². The molecule has 1 saturated carbocycles. The minimum atomic E-state index is -4.31. The lowest BCUT2D eigenvalue weighted by atomic mass is 9.94. The molecule has 1 aromatic heterocycles. The average molecular weight is 735 g/mol. The Bertz CT molecular complexity index is 2180. The number of methoxy groups -OCH3 is 2. The van der Waals surface area contributed by atoms with Gasteiger partial charge < -0.3 is 23.7 Å². The number of anilines is 1. The number of fused-ring (bicyclic) bond motifs is 4. The number of carbonyl (C=O) groups excluding carboxylic acids is 2. The fourth-order valence-corrected chi connectivity index (χ4v) is 9.03. The van der Waals surface area contributed by atoms with Crippen molar-refractivity contribution in [1.29, 1.82) is 0 Å². The molecule has 3 aromatic rings. The van der Waals surface area contributed by atoms with Crippen molar-refractivity contribution in [3.8, 4) is 5.75 Å². The predicted molar refractivity (Wildman–Crippen MR) is 184 cm³/mol. The van der Waals surface area contributed by atoms with E-state index in [2.05, 4.69) is 9.80 Å². The van der Waals surface area contributed by atoms with E-state index in [9.17, 15) is 22.8 Å². The molecular formula is C34H39ClFN5O8S. The Kier molecular flexibility index (Phi) is 8.12. The maximum atomic E-state index is 15.7. The highest BCUT2D eigenvalue weighted by molar-refractivity contribution is 7.87. The van der Waals surface area contributed by atoms with Crippen LogP contribution in [0.15, 0.2) is 27.4 Å². The minimum absolute atomic E-state index is 0.0336. The number of halogens is 2. The molecule has 0 radical (unpaired) electrons. The molecule has 1 N–H and O–H groups in total. The number of rotatable bonds is 8. The monoisotopic (exact) mass is 734 g/mol. The third-order valence-corrected chi connectivity index (χ3v) is 12.2. The van der Waals surface area contributed by atoms with Crippen molar-refractivity contribution in [3.05, 3.63) is 67.3 Å².